The second kappa shape index (κ2) is 9.09. The number of rotatable bonds is 5. The van der Waals surface area contributed by atoms with Gasteiger partial charge in [-0.3, -0.25) is 10.1 Å². The third kappa shape index (κ3) is 4.90. The van der Waals surface area contributed by atoms with Crippen LogP contribution in [0, 0.1) is 17.7 Å². The lowest BCUT2D eigenvalue weighted by Crippen LogP contribution is -2.42. The van der Waals surface area contributed by atoms with E-state index in [1.807, 2.05) is 0 Å². The first-order valence-corrected chi connectivity index (χ1v) is 12.7. The van der Waals surface area contributed by atoms with Gasteiger partial charge < -0.3 is 0 Å². The highest BCUT2D eigenvalue weighted by Gasteiger charge is 2.31. The largest absolute Gasteiger partial charge is 0.298 e. The van der Waals surface area contributed by atoms with Gasteiger partial charge in [0.1, 0.15) is 5.82 Å². The normalized spacial score (nSPS) is 19.6. The molecule has 0 unspecified atom stereocenters. The molecule has 0 spiro atoms. The minimum Gasteiger partial charge on any atom is -0.298 e. The van der Waals surface area contributed by atoms with Gasteiger partial charge in [0, 0.05) is 29.6 Å². The number of nitrogens with one attached hydrogen (secondary N) is 1. The highest BCUT2D eigenvalue weighted by molar-refractivity contribution is 7.89. The summed E-state index contributed by atoms with van der Waals surface area (Å²) >= 11 is 1.26. The van der Waals surface area contributed by atoms with Crippen molar-refractivity contribution in [3.8, 4) is 11.3 Å². The zero-order valence-electron chi connectivity index (χ0n) is 17.8. The molecule has 0 bridgehead atoms. The first-order chi connectivity index (χ1) is 15.2. The lowest BCUT2D eigenvalue weighted by molar-refractivity contribution is 0.102. The van der Waals surface area contributed by atoms with Gasteiger partial charge in [0.15, 0.2) is 5.13 Å². The standard InChI is InChI=1S/C23H24FN3O3S2/c1-15-11-16(2)13-27(12-15)32(29,30)20-9-5-18(6-10-20)22(28)26-23-25-21(14-31-23)17-3-7-19(24)8-4-17/h3-10,14-16H,11-13H2,1-2H3,(H,25,26,28)/t15-,16-/m1/s1. The molecule has 9 heteroatoms. The molecule has 3 aromatic rings. The van der Waals surface area contributed by atoms with Crippen LogP contribution in [0.5, 0.6) is 0 Å². The Morgan fingerprint density at radius 2 is 1.69 bits per heavy atom. The molecule has 1 N–H and O–H groups in total. The fourth-order valence-electron chi connectivity index (χ4n) is 3.98. The van der Waals surface area contributed by atoms with Crippen LogP contribution in [0.3, 0.4) is 0 Å². The highest BCUT2D eigenvalue weighted by Crippen LogP contribution is 2.28. The number of thiazole rings is 1. The molecule has 32 heavy (non-hydrogen) atoms. The lowest BCUT2D eigenvalue weighted by atomic mass is 9.94. The molecule has 0 aliphatic carbocycles. The number of carbonyl (C=O) groups is 1. The van der Waals surface area contributed by atoms with Crippen LogP contribution in [-0.2, 0) is 10.0 Å². The molecule has 168 valence electrons. The van der Waals surface area contributed by atoms with Crippen molar-refractivity contribution in [1.29, 1.82) is 0 Å². The predicted octanol–water partition coefficient (Wildman–Crippen LogP) is 4.87. The Kier molecular flexibility index (Phi) is 6.41. The third-order valence-electron chi connectivity index (χ3n) is 5.45. The zero-order valence-corrected chi connectivity index (χ0v) is 19.4. The number of hydrogen-bond acceptors (Lipinski definition) is 5. The van der Waals surface area contributed by atoms with Crippen LogP contribution in [0.25, 0.3) is 11.3 Å². The van der Waals surface area contributed by atoms with Crippen LogP contribution in [0.1, 0.15) is 30.6 Å². The SMILES string of the molecule is C[C@@H]1C[C@@H](C)CN(S(=O)(=O)c2ccc(C(=O)Nc3nc(-c4ccc(F)cc4)cs3)cc2)C1. The molecular formula is C23H24FN3O3S2. The quantitative estimate of drug-likeness (QED) is 0.574. The van der Waals surface area contributed by atoms with E-state index in [1.165, 1.54) is 52.0 Å². The second-order valence-electron chi connectivity index (χ2n) is 8.29. The average Bonchev–Trinajstić information content (AvgIpc) is 3.22. The molecule has 2 aromatic carbocycles. The van der Waals surface area contributed by atoms with E-state index in [-0.39, 0.29) is 16.6 Å². The van der Waals surface area contributed by atoms with Crippen molar-refractivity contribution in [3.63, 3.8) is 0 Å². The maximum absolute atomic E-state index is 13.1. The molecule has 4 rings (SSSR count). The van der Waals surface area contributed by atoms with Crippen molar-refractivity contribution < 1.29 is 17.6 Å². The van der Waals surface area contributed by atoms with E-state index in [1.54, 1.807) is 17.5 Å². The molecule has 1 fully saturated rings. The van der Waals surface area contributed by atoms with Crippen LogP contribution in [0.2, 0.25) is 0 Å². The Balaban J connectivity index is 1.45. The molecule has 1 aliphatic heterocycles. The van der Waals surface area contributed by atoms with E-state index in [4.69, 9.17) is 0 Å². The molecule has 1 aliphatic rings. The summed E-state index contributed by atoms with van der Waals surface area (Å²) in [5.41, 5.74) is 1.72. The van der Waals surface area contributed by atoms with Gasteiger partial charge in [-0.05, 0) is 66.8 Å². The third-order valence-corrected chi connectivity index (χ3v) is 8.06. The summed E-state index contributed by atoms with van der Waals surface area (Å²) in [4.78, 5) is 17.2. The van der Waals surface area contributed by atoms with E-state index in [0.29, 0.717) is 41.3 Å². The first kappa shape index (κ1) is 22.6. The number of aromatic nitrogens is 1. The Labute approximate surface area is 191 Å². The maximum Gasteiger partial charge on any atom is 0.257 e. The fraction of sp³-hybridized carbons (Fsp3) is 0.304. The molecule has 1 aromatic heterocycles. The second-order valence-corrected chi connectivity index (χ2v) is 11.1. The summed E-state index contributed by atoms with van der Waals surface area (Å²) in [5, 5.41) is 4.91. The molecule has 2 atom stereocenters. The summed E-state index contributed by atoms with van der Waals surface area (Å²) in [5.74, 6) is -0.0743. The van der Waals surface area contributed by atoms with E-state index >= 15 is 0 Å². The minimum absolute atomic E-state index is 0.184. The first-order valence-electron chi connectivity index (χ1n) is 10.4. The van der Waals surface area contributed by atoms with Gasteiger partial charge in [0.25, 0.3) is 5.91 Å². The number of anilines is 1. The van der Waals surface area contributed by atoms with E-state index in [0.717, 1.165) is 12.0 Å². The average molecular weight is 474 g/mol. The van der Waals surface area contributed by atoms with E-state index in [2.05, 4.69) is 24.1 Å². The summed E-state index contributed by atoms with van der Waals surface area (Å²) in [6.45, 7) is 5.14. The number of piperidine rings is 1. The van der Waals surface area contributed by atoms with Crippen LogP contribution in [0.4, 0.5) is 9.52 Å². The monoisotopic (exact) mass is 473 g/mol. The van der Waals surface area contributed by atoms with Crippen LogP contribution < -0.4 is 5.32 Å². The Morgan fingerprint density at radius 1 is 1.06 bits per heavy atom. The summed E-state index contributed by atoms with van der Waals surface area (Å²) in [7, 11) is -3.59. The Morgan fingerprint density at radius 3 is 2.31 bits per heavy atom. The van der Waals surface area contributed by atoms with Gasteiger partial charge in [0.05, 0.1) is 10.6 Å². The van der Waals surface area contributed by atoms with Gasteiger partial charge in [-0.15, -0.1) is 11.3 Å². The van der Waals surface area contributed by atoms with Crippen molar-refractivity contribution in [3.05, 3.63) is 65.3 Å². The summed E-state index contributed by atoms with van der Waals surface area (Å²) in [6, 6.07) is 11.9. The van der Waals surface area contributed by atoms with Gasteiger partial charge >= 0.3 is 0 Å². The van der Waals surface area contributed by atoms with Crippen molar-refractivity contribution in [2.24, 2.45) is 11.8 Å². The number of hydrogen-bond donors (Lipinski definition) is 1. The smallest absolute Gasteiger partial charge is 0.257 e. The molecule has 1 saturated heterocycles. The number of nitrogens with zero attached hydrogens (tertiary/aromatic N) is 2. The highest BCUT2D eigenvalue weighted by atomic mass is 32.2. The van der Waals surface area contributed by atoms with Gasteiger partial charge in [-0.2, -0.15) is 4.31 Å². The molecule has 6 nitrogen and oxygen atoms in total. The van der Waals surface area contributed by atoms with Crippen molar-refractivity contribution in [2.45, 2.75) is 25.2 Å². The molecule has 0 saturated carbocycles. The number of benzene rings is 2. The molecule has 2 heterocycles. The van der Waals surface area contributed by atoms with Crippen LogP contribution in [-0.4, -0.2) is 36.7 Å². The van der Waals surface area contributed by atoms with E-state index in [9.17, 15) is 17.6 Å². The molecular weight excluding hydrogens is 449 g/mol. The predicted molar refractivity (Wildman–Crippen MR) is 124 cm³/mol. The van der Waals surface area contributed by atoms with Gasteiger partial charge in [-0.1, -0.05) is 13.8 Å². The van der Waals surface area contributed by atoms with Gasteiger partial charge in [0.2, 0.25) is 10.0 Å². The Hall–Kier alpha value is -2.62. The maximum atomic E-state index is 13.1. The van der Waals surface area contributed by atoms with Crippen molar-refractivity contribution in [2.75, 3.05) is 18.4 Å². The summed E-state index contributed by atoms with van der Waals surface area (Å²) in [6.07, 6.45) is 1.02. The number of sulfonamides is 1. The van der Waals surface area contributed by atoms with Gasteiger partial charge in [-0.25, -0.2) is 17.8 Å². The number of halogens is 1. The molecule has 0 radical (unpaired) electrons. The zero-order chi connectivity index (χ0) is 22.9. The Bertz CT molecular complexity index is 1200. The van der Waals surface area contributed by atoms with E-state index < -0.39 is 10.0 Å². The summed E-state index contributed by atoms with van der Waals surface area (Å²) < 4.78 is 40.6. The minimum atomic E-state index is -3.59. The number of carbonyl (C=O) groups excluding carboxylic acids is 1. The van der Waals surface area contributed by atoms with Crippen molar-refractivity contribution in [1.82, 2.24) is 9.29 Å². The lowest BCUT2D eigenvalue weighted by Gasteiger charge is -2.34. The topological polar surface area (TPSA) is 79.4 Å². The molecule has 1 amide bonds. The fourth-order valence-corrected chi connectivity index (χ4v) is 6.38. The number of amides is 1. The van der Waals surface area contributed by atoms with Crippen LogP contribution >= 0.6 is 11.3 Å². The van der Waals surface area contributed by atoms with Crippen LogP contribution in [0.15, 0.2) is 58.8 Å². The van der Waals surface area contributed by atoms with Crippen molar-refractivity contribution >= 4 is 32.4 Å².